The van der Waals surface area contributed by atoms with Crippen molar-refractivity contribution in [2.45, 2.75) is 80.1 Å². The summed E-state index contributed by atoms with van der Waals surface area (Å²) in [6, 6.07) is 125. The van der Waals surface area contributed by atoms with Crippen LogP contribution in [0, 0.1) is 41.5 Å². The normalized spacial score (nSPS) is 12.6. The van der Waals surface area contributed by atoms with E-state index in [9.17, 15) is 0 Å². The number of aryl methyl sites for hydroxylation is 6. The van der Waals surface area contributed by atoms with Crippen LogP contribution in [-0.4, -0.2) is 29.9 Å². The summed E-state index contributed by atoms with van der Waals surface area (Å²) in [4.78, 5) is 28.7. The fourth-order valence-electron chi connectivity index (χ4n) is 22.7. The minimum atomic E-state index is 0.976. The first-order chi connectivity index (χ1) is 64.9. The van der Waals surface area contributed by atoms with Gasteiger partial charge in [0, 0.05) is 100 Å². The van der Waals surface area contributed by atoms with Crippen LogP contribution in [0.5, 0.6) is 0 Å². The Morgan fingerprint density at radius 2 is 0.621 bits per heavy atom. The van der Waals surface area contributed by atoms with E-state index in [2.05, 4.69) is 392 Å². The van der Waals surface area contributed by atoms with Gasteiger partial charge in [-0.25, -0.2) is 0 Å². The second-order valence-electron chi connectivity index (χ2n) is 36.6. The molecular formula is C126H90N6. The van der Waals surface area contributed by atoms with Crippen LogP contribution in [0.25, 0.3) is 197 Å². The van der Waals surface area contributed by atoms with Crippen molar-refractivity contribution in [2.24, 2.45) is 0 Å². The lowest BCUT2D eigenvalue weighted by Crippen LogP contribution is -1.94. The molecule has 0 saturated heterocycles. The maximum Gasteiger partial charge on any atom is 0.0802 e. The summed E-state index contributed by atoms with van der Waals surface area (Å²) in [5, 5.41) is 24.6. The Hall–Kier alpha value is -16.0. The van der Waals surface area contributed by atoms with Gasteiger partial charge >= 0.3 is 0 Å². The smallest absolute Gasteiger partial charge is 0.0802 e. The molecule has 6 aromatic heterocycles. The van der Waals surface area contributed by atoms with Gasteiger partial charge in [-0.05, 0) is 329 Å². The number of pyridine rings is 6. The SMILES string of the molecule is Cc1c2ccccc2cc2c3c(cnc12)Cc1ccccc1-3.Cc1cccc2c1Cc1ccc3cc4ccccc4cc3c1-2.Cc1ccnc2c1Cc1ccc3cc4ccccc4cc3c1-2.Cc1nc2cc3ccccc3cc2c2c1Cc1ccccc1-2.Cc1nc2ccc3ccccc3c2c2c1Cc1ccccc1-2.Cc1nc2ccc3cccnc3c2c2c1Cc1ccccc1-2. The van der Waals surface area contributed by atoms with Gasteiger partial charge in [-0.15, -0.1) is 0 Å². The van der Waals surface area contributed by atoms with Crippen molar-refractivity contribution in [1.82, 2.24) is 29.9 Å². The molecule has 0 atom stereocenters. The third-order valence-electron chi connectivity index (χ3n) is 29.1. The number of hydrogen-bond donors (Lipinski definition) is 0. The minimum Gasteiger partial charge on any atom is -0.256 e. The Kier molecular flexibility index (Phi) is 18.6. The Balaban J connectivity index is 0.0000000851. The first-order valence-corrected chi connectivity index (χ1v) is 46.3. The highest BCUT2D eigenvalue weighted by Crippen LogP contribution is 2.51. The quantitative estimate of drug-likeness (QED) is 0.111. The summed E-state index contributed by atoms with van der Waals surface area (Å²) in [6.45, 7) is 13.0. The molecule has 0 radical (unpaired) electrons. The molecule has 18 aromatic carbocycles. The zero-order valence-corrected chi connectivity index (χ0v) is 74.6. The Bertz CT molecular complexity index is 8700. The average Bonchev–Trinajstić information content (AvgIpc) is 1.66. The largest absolute Gasteiger partial charge is 0.256 e. The van der Waals surface area contributed by atoms with Gasteiger partial charge in [0.05, 0.1) is 33.3 Å². The van der Waals surface area contributed by atoms with E-state index < -0.39 is 0 Å². The highest BCUT2D eigenvalue weighted by molar-refractivity contribution is 6.17. The number of aromatic nitrogens is 6. The molecule has 0 N–H and O–H groups in total. The predicted octanol–water partition coefficient (Wildman–Crippen LogP) is 31.6. The van der Waals surface area contributed by atoms with Gasteiger partial charge in [-0.2, -0.15) is 0 Å². The van der Waals surface area contributed by atoms with Crippen molar-refractivity contribution < 1.29 is 0 Å². The highest BCUT2D eigenvalue weighted by Gasteiger charge is 2.31. The molecule has 0 amide bonds. The fraction of sp³-hybridized carbons (Fsp3) is 0.0952. The van der Waals surface area contributed by atoms with Gasteiger partial charge < -0.3 is 0 Å². The number of hydrogen-bond acceptors (Lipinski definition) is 6. The highest BCUT2D eigenvalue weighted by atomic mass is 14.7. The molecule has 0 spiro atoms. The van der Waals surface area contributed by atoms with Crippen LogP contribution in [0.2, 0.25) is 0 Å². The summed E-state index contributed by atoms with van der Waals surface area (Å²) in [5.41, 5.74) is 46.2. The van der Waals surface area contributed by atoms with Crippen LogP contribution in [0.15, 0.2) is 364 Å². The molecule has 6 heteroatoms. The lowest BCUT2D eigenvalue weighted by atomic mass is 9.95. The first-order valence-electron chi connectivity index (χ1n) is 46.3. The molecule has 0 bridgehead atoms. The topological polar surface area (TPSA) is 77.3 Å². The van der Waals surface area contributed by atoms with E-state index in [1.54, 1.807) is 0 Å². The lowest BCUT2D eigenvalue weighted by molar-refractivity contribution is 1.14. The first kappa shape index (κ1) is 78.3. The molecule has 6 aliphatic carbocycles. The molecule has 0 fully saturated rings. The predicted molar refractivity (Wildman–Crippen MR) is 553 cm³/mol. The van der Waals surface area contributed by atoms with Crippen molar-refractivity contribution in [1.29, 1.82) is 0 Å². The van der Waals surface area contributed by atoms with E-state index in [0.717, 1.165) is 83.2 Å². The second-order valence-corrected chi connectivity index (χ2v) is 36.6. The van der Waals surface area contributed by atoms with Crippen LogP contribution in [-0.2, 0) is 38.5 Å². The van der Waals surface area contributed by atoms with Crippen molar-refractivity contribution >= 4 is 130 Å². The van der Waals surface area contributed by atoms with Gasteiger partial charge in [-0.1, -0.05) is 279 Å². The summed E-state index contributed by atoms with van der Waals surface area (Å²) in [7, 11) is 0. The third kappa shape index (κ3) is 13.0. The van der Waals surface area contributed by atoms with Crippen LogP contribution in [0.4, 0.5) is 0 Å². The minimum absolute atomic E-state index is 0.976. The van der Waals surface area contributed by atoms with Crippen LogP contribution in [0.3, 0.4) is 0 Å². The molecule has 0 saturated carbocycles. The maximum atomic E-state index is 4.88. The summed E-state index contributed by atoms with van der Waals surface area (Å²) >= 11 is 0. The molecule has 6 heterocycles. The van der Waals surface area contributed by atoms with Crippen molar-refractivity contribution in [3.05, 3.63) is 465 Å². The summed E-state index contributed by atoms with van der Waals surface area (Å²) in [6.07, 6.45) is 11.9. The van der Waals surface area contributed by atoms with Crippen LogP contribution >= 0.6 is 0 Å². The Morgan fingerprint density at radius 1 is 0.205 bits per heavy atom. The zero-order chi connectivity index (χ0) is 88.1. The molecule has 30 rings (SSSR count). The van der Waals surface area contributed by atoms with E-state index in [4.69, 9.17) is 24.9 Å². The molecule has 0 aliphatic heterocycles. The molecule has 0 unspecified atom stereocenters. The maximum absolute atomic E-state index is 4.88. The monoisotopic (exact) mass is 1690 g/mol. The van der Waals surface area contributed by atoms with Crippen molar-refractivity contribution in [3.8, 4) is 66.9 Å². The van der Waals surface area contributed by atoms with Gasteiger partial charge in [0.25, 0.3) is 0 Å². The molecule has 6 nitrogen and oxygen atoms in total. The number of rotatable bonds is 0. The number of benzene rings is 18. The molecular weight excluding hydrogens is 1600 g/mol. The fourth-order valence-corrected chi connectivity index (χ4v) is 22.7. The Morgan fingerprint density at radius 3 is 1.25 bits per heavy atom. The van der Waals surface area contributed by atoms with E-state index in [0.29, 0.717) is 0 Å². The van der Waals surface area contributed by atoms with Crippen LogP contribution in [0.1, 0.15) is 101 Å². The molecule has 24 aromatic rings. The van der Waals surface area contributed by atoms with Gasteiger partial charge in [0.1, 0.15) is 0 Å². The Labute approximate surface area is 766 Å². The third-order valence-corrected chi connectivity index (χ3v) is 29.1. The van der Waals surface area contributed by atoms with E-state index in [1.807, 2.05) is 18.5 Å². The van der Waals surface area contributed by atoms with E-state index >= 15 is 0 Å². The summed E-state index contributed by atoms with van der Waals surface area (Å²) < 4.78 is 0. The van der Waals surface area contributed by atoms with Crippen molar-refractivity contribution in [2.75, 3.05) is 0 Å². The zero-order valence-electron chi connectivity index (χ0n) is 74.6. The second kappa shape index (κ2) is 31.4. The van der Waals surface area contributed by atoms with Gasteiger partial charge in [0.15, 0.2) is 0 Å². The standard InChI is InChI=1S/C22H16.4C21H15N.C20H14N2/c1-14-5-4-8-19-20(14)13-18-10-9-17-11-15-6-2-3-7-16(15)12-21(17)22(18)19;1-13-17-8-4-2-7-15(17)11-19-20-16(12-22-21(13)19)10-14-6-3-5-9-18(14)20;1-13-18-12-15-7-3-5-9-17(15)20(18)21-16-8-4-2-6-14(16)10-11-19(21)22-13;1-13-18-11-16-8-4-5-9-17(16)21(18)19-10-14-6-2-3-7-15(14)12-20(19)22-13;1-13-8-9-22-21-18(13)12-17-7-6-16-10-14-4-2-3-5-15(14)11-19(16)20(17)21;1-12-16-11-14-5-2-3-7-15(14)18(16)19-17(22-12)9-8-13-6-4-10-21-20(13)19/h2-12H,13H2,1H3;2-9,11-12H,10H2,1H3;2-11H,12H2,1H3;2-10,12H,11H2,1H3;2-11H,12H2,1H3;2-10H,11H2,1H3. The van der Waals surface area contributed by atoms with Gasteiger partial charge in [0.2, 0.25) is 0 Å². The summed E-state index contributed by atoms with van der Waals surface area (Å²) in [5.74, 6) is 0. The lowest BCUT2D eigenvalue weighted by Gasteiger charge is -2.12. The molecule has 132 heavy (non-hydrogen) atoms. The molecule has 6 aliphatic rings. The van der Waals surface area contributed by atoms with Crippen LogP contribution < -0.4 is 0 Å². The van der Waals surface area contributed by atoms with E-state index in [-0.39, 0.29) is 0 Å². The average molecular weight is 1690 g/mol. The molecule has 624 valence electrons. The van der Waals surface area contributed by atoms with Gasteiger partial charge in [-0.3, -0.25) is 29.9 Å². The van der Waals surface area contributed by atoms with E-state index in [1.165, 1.54) is 253 Å². The number of fused-ring (bicyclic) bond motifs is 38. The number of nitrogens with zero attached hydrogens (tertiary/aromatic N) is 6. The van der Waals surface area contributed by atoms with Crippen molar-refractivity contribution in [3.63, 3.8) is 0 Å².